The van der Waals surface area contributed by atoms with Crippen LogP contribution in [-0.2, 0) is 4.79 Å². The zero-order valence-electron chi connectivity index (χ0n) is 18.6. The number of carbonyl (C=O) groups is 1. The summed E-state index contributed by atoms with van der Waals surface area (Å²) in [7, 11) is 1.76. The Morgan fingerprint density at radius 1 is 1.26 bits per heavy atom. The van der Waals surface area contributed by atoms with Crippen LogP contribution < -0.4 is 4.90 Å². The third-order valence-electron chi connectivity index (χ3n) is 6.09. The number of thioether (sulfide) groups is 1. The molecule has 2 aliphatic rings. The molecule has 1 unspecified atom stereocenters. The molecule has 1 amide bonds. The van der Waals surface area contributed by atoms with E-state index in [2.05, 4.69) is 49.7 Å². The lowest BCUT2D eigenvalue weighted by Gasteiger charge is -2.47. The Bertz CT molecular complexity index is 1080. The highest BCUT2D eigenvalue weighted by Gasteiger charge is 2.36. The molecule has 1 saturated heterocycles. The van der Waals surface area contributed by atoms with E-state index >= 15 is 0 Å². The lowest BCUT2D eigenvalue weighted by molar-refractivity contribution is -0.121. The highest BCUT2D eigenvalue weighted by molar-refractivity contribution is 8.18. The number of carbonyl (C=O) groups excluding carboxylic acids is 1. The Morgan fingerprint density at radius 2 is 1.97 bits per heavy atom. The number of likely N-dealkylation sites (N-methyl/N-ethyl adjacent to an activating group) is 1. The van der Waals surface area contributed by atoms with E-state index in [1.807, 2.05) is 36.4 Å². The molecule has 1 atom stereocenters. The average molecular weight is 454 g/mol. The molecule has 0 aliphatic carbocycles. The molecule has 0 bridgehead atoms. The number of fused-ring (bicyclic) bond motifs is 1. The molecule has 2 aliphatic heterocycles. The summed E-state index contributed by atoms with van der Waals surface area (Å²) in [5, 5.41) is 1.34. The number of rotatable bonds is 3. The maximum Gasteiger partial charge on any atom is 0.266 e. The topological polar surface area (TPSA) is 35.9 Å². The molecule has 0 radical (unpaired) electrons. The predicted molar refractivity (Wildman–Crippen MR) is 133 cm³/mol. The van der Waals surface area contributed by atoms with Crippen LogP contribution in [0.15, 0.2) is 52.4 Å². The van der Waals surface area contributed by atoms with Crippen molar-refractivity contribution in [1.29, 1.82) is 0 Å². The Morgan fingerprint density at radius 3 is 2.65 bits per heavy atom. The molecule has 0 spiro atoms. The van der Waals surface area contributed by atoms with Crippen molar-refractivity contribution in [2.24, 2.45) is 4.99 Å². The minimum absolute atomic E-state index is 0.0576. The van der Waals surface area contributed by atoms with E-state index in [4.69, 9.17) is 11.6 Å². The van der Waals surface area contributed by atoms with Crippen molar-refractivity contribution < 1.29 is 4.79 Å². The number of nitrogens with zero attached hydrogens (tertiary/aromatic N) is 3. The molecule has 0 saturated carbocycles. The number of aliphatic imine (C=N–C) groups is 1. The third-order valence-corrected chi connectivity index (χ3v) is 7.48. The third kappa shape index (κ3) is 4.13. The minimum atomic E-state index is -0.0576. The second kappa shape index (κ2) is 8.36. The van der Waals surface area contributed by atoms with Gasteiger partial charge in [-0.3, -0.25) is 9.69 Å². The normalized spacial score (nSPS) is 23.0. The number of benzene rings is 2. The molecule has 4 rings (SSSR count). The summed E-state index contributed by atoms with van der Waals surface area (Å²) < 4.78 is 0. The summed E-state index contributed by atoms with van der Waals surface area (Å²) in [6.07, 6.45) is 2.98. The van der Waals surface area contributed by atoms with Gasteiger partial charge in [-0.25, -0.2) is 4.99 Å². The first-order chi connectivity index (χ1) is 14.7. The first-order valence-electron chi connectivity index (χ1n) is 10.6. The van der Waals surface area contributed by atoms with Crippen molar-refractivity contribution in [1.82, 2.24) is 4.90 Å². The zero-order chi connectivity index (χ0) is 22.3. The number of amides is 1. The van der Waals surface area contributed by atoms with Gasteiger partial charge in [-0.1, -0.05) is 36.7 Å². The van der Waals surface area contributed by atoms with E-state index in [1.54, 1.807) is 11.9 Å². The summed E-state index contributed by atoms with van der Waals surface area (Å²) in [6.45, 7) is 9.96. The molecule has 2 aromatic carbocycles. The Kier molecular flexibility index (Phi) is 5.93. The van der Waals surface area contributed by atoms with Crippen LogP contribution >= 0.6 is 23.4 Å². The van der Waals surface area contributed by atoms with E-state index in [0.717, 1.165) is 24.2 Å². The fourth-order valence-electron chi connectivity index (χ4n) is 4.64. The van der Waals surface area contributed by atoms with Gasteiger partial charge in [0.25, 0.3) is 5.91 Å². The van der Waals surface area contributed by atoms with Crippen molar-refractivity contribution in [2.45, 2.75) is 45.6 Å². The number of halogens is 1. The van der Waals surface area contributed by atoms with Crippen molar-refractivity contribution in [3.8, 4) is 0 Å². The first kappa shape index (κ1) is 22.0. The van der Waals surface area contributed by atoms with Gasteiger partial charge in [-0.15, -0.1) is 0 Å². The van der Waals surface area contributed by atoms with Crippen molar-refractivity contribution in [2.75, 3.05) is 18.5 Å². The lowest BCUT2D eigenvalue weighted by Crippen LogP contribution is -2.48. The summed E-state index contributed by atoms with van der Waals surface area (Å²) in [5.74, 6) is 0.366. The van der Waals surface area contributed by atoms with Crippen molar-refractivity contribution >= 4 is 51.9 Å². The van der Waals surface area contributed by atoms with E-state index < -0.39 is 0 Å². The number of hydrogen-bond acceptors (Lipinski definition) is 4. The van der Waals surface area contributed by atoms with E-state index in [1.165, 1.54) is 23.0 Å². The molecule has 6 heteroatoms. The summed E-state index contributed by atoms with van der Waals surface area (Å²) >= 11 is 8.10. The predicted octanol–water partition coefficient (Wildman–Crippen LogP) is 6.69. The van der Waals surface area contributed by atoms with Crippen LogP contribution in [0.5, 0.6) is 0 Å². The smallest absolute Gasteiger partial charge is 0.266 e. The second-order valence-electron chi connectivity index (χ2n) is 8.80. The van der Waals surface area contributed by atoms with Gasteiger partial charge in [0.1, 0.15) is 0 Å². The van der Waals surface area contributed by atoms with Gasteiger partial charge < -0.3 is 4.90 Å². The molecule has 162 valence electrons. The van der Waals surface area contributed by atoms with E-state index in [-0.39, 0.29) is 11.4 Å². The van der Waals surface area contributed by atoms with Gasteiger partial charge in [-0.05, 0) is 86.3 Å². The molecule has 2 heterocycles. The monoisotopic (exact) mass is 453 g/mol. The van der Waals surface area contributed by atoms with Crippen molar-refractivity contribution in [3.63, 3.8) is 0 Å². The standard InChI is InChI=1S/C25H28ClN3OS/c1-6-29-21-14-20(26)17(12-19(21)16(2)15-25(29,3)4)13-22-23(30)28(5)24(31-22)27-18-10-8-7-9-11-18/h7-14,16H,6,15H2,1-5H3/b22-13+,27-24?. The second-order valence-corrected chi connectivity index (χ2v) is 10.2. The van der Waals surface area contributed by atoms with E-state index in [9.17, 15) is 4.79 Å². The minimum Gasteiger partial charge on any atom is -0.366 e. The molecule has 0 aromatic heterocycles. The Hall–Kier alpha value is -2.24. The largest absolute Gasteiger partial charge is 0.366 e. The fourth-order valence-corrected chi connectivity index (χ4v) is 5.83. The Labute approximate surface area is 194 Å². The maximum atomic E-state index is 12.9. The van der Waals surface area contributed by atoms with Gasteiger partial charge >= 0.3 is 0 Å². The number of hydrogen-bond donors (Lipinski definition) is 0. The Balaban J connectivity index is 1.70. The van der Waals surface area contributed by atoms with Crippen LogP contribution in [0.1, 0.15) is 51.2 Å². The van der Waals surface area contributed by atoms with Gasteiger partial charge in [-0.2, -0.15) is 0 Å². The number of para-hydroxylation sites is 1. The molecule has 1 fully saturated rings. The molecule has 0 N–H and O–H groups in total. The molecule has 31 heavy (non-hydrogen) atoms. The highest BCUT2D eigenvalue weighted by atomic mass is 35.5. The fraction of sp³-hybridized carbons (Fsp3) is 0.360. The van der Waals surface area contributed by atoms with Crippen molar-refractivity contribution in [3.05, 3.63) is 63.5 Å². The van der Waals surface area contributed by atoms with Crippen LogP contribution in [-0.4, -0.2) is 35.1 Å². The van der Waals surface area contributed by atoms with Crippen LogP contribution in [0, 0.1) is 0 Å². The molecule has 2 aromatic rings. The highest BCUT2D eigenvalue weighted by Crippen LogP contribution is 2.45. The van der Waals surface area contributed by atoms with Crippen LogP contribution in [0.25, 0.3) is 6.08 Å². The number of anilines is 1. The van der Waals surface area contributed by atoms with Gasteiger partial charge in [0, 0.05) is 29.8 Å². The van der Waals surface area contributed by atoms with Crippen LogP contribution in [0.4, 0.5) is 11.4 Å². The van der Waals surface area contributed by atoms with Crippen LogP contribution in [0.3, 0.4) is 0 Å². The van der Waals surface area contributed by atoms with Crippen LogP contribution in [0.2, 0.25) is 5.02 Å². The van der Waals surface area contributed by atoms with Gasteiger partial charge in [0.05, 0.1) is 10.6 Å². The summed E-state index contributed by atoms with van der Waals surface area (Å²) in [5.41, 5.74) is 4.29. The number of amidine groups is 1. The quantitative estimate of drug-likeness (QED) is 0.486. The molecular formula is C25H28ClN3OS. The summed E-state index contributed by atoms with van der Waals surface area (Å²) in [6, 6.07) is 13.9. The zero-order valence-corrected chi connectivity index (χ0v) is 20.2. The summed E-state index contributed by atoms with van der Waals surface area (Å²) in [4.78, 5) is 22.2. The van der Waals surface area contributed by atoms with E-state index in [0.29, 0.717) is 21.0 Å². The lowest BCUT2D eigenvalue weighted by atomic mass is 9.79. The maximum absolute atomic E-state index is 12.9. The molecule has 4 nitrogen and oxygen atoms in total. The molecular weight excluding hydrogens is 426 g/mol. The van der Waals surface area contributed by atoms with Gasteiger partial charge in [0.15, 0.2) is 5.17 Å². The SMILES string of the molecule is CCN1c2cc(Cl)c(/C=C3/SC(=Nc4ccccc4)N(C)C3=O)cc2C(C)CC1(C)C. The van der Waals surface area contributed by atoms with Gasteiger partial charge in [0.2, 0.25) is 0 Å². The first-order valence-corrected chi connectivity index (χ1v) is 11.8. The average Bonchev–Trinajstić information content (AvgIpc) is 2.97.